The fourth-order valence-corrected chi connectivity index (χ4v) is 2.40. The highest BCUT2D eigenvalue weighted by molar-refractivity contribution is 6.04. The summed E-state index contributed by atoms with van der Waals surface area (Å²) in [4.78, 5) is 38.1. The van der Waals surface area contributed by atoms with Crippen LogP contribution in [0, 0.1) is 0 Å². The van der Waals surface area contributed by atoms with Crippen LogP contribution in [0.5, 0.6) is 0 Å². The summed E-state index contributed by atoms with van der Waals surface area (Å²) in [5.74, 6) is -1.26. The number of carboxylic acid groups (broad SMARTS) is 1. The van der Waals surface area contributed by atoms with Crippen molar-refractivity contribution in [2.24, 2.45) is 0 Å². The number of carboxylic acids is 1. The molecule has 0 atom stereocenters. The van der Waals surface area contributed by atoms with Gasteiger partial charge in [0.15, 0.2) is 11.4 Å². The van der Waals surface area contributed by atoms with Gasteiger partial charge in [0.25, 0.3) is 0 Å². The normalized spacial score (nSPS) is 11.1. The molecule has 2 heterocycles. The van der Waals surface area contributed by atoms with Crippen LogP contribution < -0.4 is 5.69 Å². The number of nitrogens with zero attached hydrogens (tertiary/aromatic N) is 4. The van der Waals surface area contributed by atoms with Crippen molar-refractivity contribution >= 4 is 33.8 Å². The van der Waals surface area contributed by atoms with Gasteiger partial charge in [-0.25, -0.2) is 9.48 Å². The van der Waals surface area contributed by atoms with Crippen molar-refractivity contribution in [2.75, 3.05) is 0 Å². The highest BCUT2D eigenvalue weighted by Gasteiger charge is 2.17. The van der Waals surface area contributed by atoms with E-state index in [9.17, 15) is 14.4 Å². The fourth-order valence-electron chi connectivity index (χ4n) is 2.40. The average Bonchev–Trinajstić information content (AvgIpc) is 2.73. The predicted molar refractivity (Wildman–Crippen MR) is 77.6 cm³/mol. The number of aromatic nitrogens is 4. The number of carbonyl (C=O) groups excluding carboxylic acids is 1. The number of fused-ring (bicyclic) bond motifs is 3. The molecule has 2 aromatic heterocycles. The van der Waals surface area contributed by atoms with Gasteiger partial charge >= 0.3 is 11.7 Å². The summed E-state index contributed by atoms with van der Waals surface area (Å²) in [6.45, 7) is 0.862. The molecule has 0 amide bonds. The van der Waals surface area contributed by atoms with Crippen LogP contribution in [0.1, 0.15) is 6.92 Å². The maximum atomic E-state index is 12.0. The Balaban J connectivity index is 2.38. The minimum Gasteiger partial charge on any atom is -0.480 e. The highest BCUT2D eigenvalue weighted by Crippen LogP contribution is 2.24. The second-order valence-electron chi connectivity index (χ2n) is 4.92. The number of Topliss-reactive ketones (excluding diaryl/α,β-unsaturated/α-hetero) is 1. The van der Waals surface area contributed by atoms with Crippen molar-refractivity contribution in [1.82, 2.24) is 19.3 Å². The lowest BCUT2D eigenvalue weighted by atomic mass is 10.2. The van der Waals surface area contributed by atoms with E-state index in [0.29, 0.717) is 16.4 Å². The second-order valence-corrected chi connectivity index (χ2v) is 4.92. The molecule has 0 aliphatic carbocycles. The SMILES string of the molecule is CC(=O)Cn1nc2c3ccccc3n(CC(=O)O)c2nc1=O. The molecule has 0 aliphatic heterocycles. The molecule has 0 unspecified atom stereocenters. The average molecular weight is 300 g/mol. The Bertz CT molecular complexity index is 970. The first-order valence-corrected chi connectivity index (χ1v) is 6.54. The van der Waals surface area contributed by atoms with Crippen LogP contribution in [-0.4, -0.2) is 36.2 Å². The first-order valence-electron chi connectivity index (χ1n) is 6.54. The zero-order valence-electron chi connectivity index (χ0n) is 11.7. The number of carbonyl (C=O) groups is 2. The van der Waals surface area contributed by atoms with Gasteiger partial charge in [0.05, 0.1) is 5.52 Å². The van der Waals surface area contributed by atoms with E-state index in [4.69, 9.17) is 5.11 Å². The third kappa shape index (κ3) is 2.24. The first kappa shape index (κ1) is 13.9. The van der Waals surface area contributed by atoms with Gasteiger partial charge < -0.3 is 9.67 Å². The molecule has 0 bridgehead atoms. The maximum Gasteiger partial charge on any atom is 0.366 e. The standard InChI is InChI=1S/C14H12N4O4/c1-8(19)6-18-14(22)15-13-12(16-18)9-4-2-3-5-10(9)17(13)7-11(20)21/h2-5H,6-7H2,1H3,(H,20,21). The van der Waals surface area contributed by atoms with Crippen LogP contribution in [0.2, 0.25) is 0 Å². The van der Waals surface area contributed by atoms with E-state index in [1.807, 2.05) is 0 Å². The molecule has 8 heteroatoms. The van der Waals surface area contributed by atoms with Crippen LogP contribution in [0.15, 0.2) is 29.1 Å². The molecule has 3 rings (SSSR count). The van der Waals surface area contributed by atoms with Gasteiger partial charge in [0.2, 0.25) is 0 Å². The summed E-state index contributed by atoms with van der Waals surface area (Å²) in [5, 5.41) is 13.9. The Morgan fingerprint density at radius 1 is 1.23 bits per heavy atom. The summed E-state index contributed by atoms with van der Waals surface area (Å²) in [7, 11) is 0. The van der Waals surface area contributed by atoms with Crippen molar-refractivity contribution in [3.63, 3.8) is 0 Å². The van der Waals surface area contributed by atoms with E-state index < -0.39 is 11.7 Å². The second kappa shape index (κ2) is 5.06. The van der Waals surface area contributed by atoms with Crippen molar-refractivity contribution < 1.29 is 14.7 Å². The Morgan fingerprint density at radius 2 is 1.95 bits per heavy atom. The number of rotatable bonds is 4. The van der Waals surface area contributed by atoms with E-state index >= 15 is 0 Å². The third-order valence-corrected chi connectivity index (χ3v) is 3.23. The quantitative estimate of drug-likeness (QED) is 0.748. The van der Waals surface area contributed by atoms with Crippen LogP contribution in [-0.2, 0) is 22.7 Å². The van der Waals surface area contributed by atoms with Crippen LogP contribution >= 0.6 is 0 Å². The molecule has 0 radical (unpaired) electrons. The number of ketones is 1. The minimum absolute atomic E-state index is 0.166. The molecule has 0 saturated heterocycles. The van der Waals surface area contributed by atoms with Gasteiger partial charge in [-0.05, 0) is 13.0 Å². The largest absolute Gasteiger partial charge is 0.480 e. The van der Waals surface area contributed by atoms with Crippen LogP contribution in [0.25, 0.3) is 22.1 Å². The number of hydrogen-bond acceptors (Lipinski definition) is 5. The van der Waals surface area contributed by atoms with Gasteiger partial charge in [0, 0.05) is 5.39 Å². The summed E-state index contributed by atoms with van der Waals surface area (Å²) in [6, 6.07) is 7.06. The van der Waals surface area contributed by atoms with Crippen molar-refractivity contribution in [3.8, 4) is 0 Å². The summed E-state index contributed by atoms with van der Waals surface area (Å²) >= 11 is 0. The lowest BCUT2D eigenvalue weighted by Gasteiger charge is -2.03. The molecule has 3 aromatic rings. The first-order chi connectivity index (χ1) is 10.5. The zero-order valence-corrected chi connectivity index (χ0v) is 11.7. The van der Waals surface area contributed by atoms with E-state index in [2.05, 4.69) is 10.1 Å². The highest BCUT2D eigenvalue weighted by atomic mass is 16.4. The number of aliphatic carboxylic acids is 1. The maximum absolute atomic E-state index is 12.0. The van der Waals surface area contributed by atoms with E-state index in [-0.39, 0.29) is 24.5 Å². The molecule has 0 saturated carbocycles. The zero-order chi connectivity index (χ0) is 15.9. The van der Waals surface area contributed by atoms with Crippen molar-refractivity contribution in [2.45, 2.75) is 20.0 Å². The van der Waals surface area contributed by atoms with Gasteiger partial charge in [-0.1, -0.05) is 18.2 Å². The minimum atomic E-state index is -1.04. The fraction of sp³-hybridized carbons (Fsp3) is 0.214. The van der Waals surface area contributed by atoms with Gasteiger partial charge in [-0.2, -0.15) is 10.1 Å². The molecule has 0 spiro atoms. The Labute approximate surface area is 123 Å². The smallest absolute Gasteiger partial charge is 0.366 e. The number of hydrogen-bond donors (Lipinski definition) is 1. The van der Waals surface area contributed by atoms with Crippen LogP contribution in [0.4, 0.5) is 0 Å². The van der Waals surface area contributed by atoms with Crippen molar-refractivity contribution in [1.29, 1.82) is 0 Å². The number of para-hydroxylation sites is 1. The Morgan fingerprint density at radius 3 is 2.64 bits per heavy atom. The Hall–Kier alpha value is -3.03. The molecular weight excluding hydrogens is 288 g/mol. The van der Waals surface area contributed by atoms with Gasteiger partial charge in [0.1, 0.15) is 18.6 Å². The van der Waals surface area contributed by atoms with Gasteiger partial charge in [-0.15, -0.1) is 0 Å². The molecular formula is C14H12N4O4. The summed E-state index contributed by atoms with van der Waals surface area (Å²) in [6.07, 6.45) is 0. The lowest BCUT2D eigenvalue weighted by Crippen LogP contribution is -2.28. The van der Waals surface area contributed by atoms with E-state index in [1.54, 1.807) is 24.3 Å². The topological polar surface area (TPSA) is 107 Å². The monoisotopic (exact) mass is 300 g/mol. The molecule has 8 nitrogen and oxygen atoms in total. The molecule has 112 valence electrons. The summed E-state index contributed by atoms with van der Waals surface area (Å²) < 4.78 is 2.42. The van der Waals surface area contributed by atoms with Gasteiger partial charge in [-0.3, -0.25) is 9.59 Å². The molecule has 1 N–H and O–H groups in total. The molecule has 22 heavy (non-hydrogen) atoms. The number of benzene rings is 1. The molecule has 1 aromatic carbocycles. The lowest BCUT2D eigenvalue weighted by molar-refractivity contribution is -0.137. The van der Waals surface area contributed by atoms with Crippen molar-refractivity contribution in [3.05, 3.63) is 34.7 Å². The predicted octanol–water partition coefficient (Wildman–Crippen LogP) is 0.420. The molecule has 0 aliphatic rings. The van der Waals surface area contributed by atoms with E-state index in [0.717, 1.165) is 4.68 Å². The van der Waals surface area contributed by atoms with E-state index in [1.165, 1.54) is 11.5 Å². The third-order valence-electron chi connectivity index (χ3n) is 3.23. The van der Waals surface area contributed by atoms with Crippen LogP contribution in [0.3, 0.4) is 0 Å². The molecule has 0 fully saturated rings. The summed E-state index contributed by atoms with van der Waals surface area (Å²) in [5.41, 5.74) is 0.545. The Kier molecular flexibility index (Phi) is 3.21.